The van der Waals surface area contributed by atoms with E-state index in [2.05, 4.69) is 32.2 Å². The number of aromatic carboxylic acids is 1. The number of anilines is 1. The number of halogens is 2. The number of hydrogen-bond acceptors (Lipinski definition) is 6. The fraction of sp³-hybridized carbons (Fsp3) is 0.0833. The van der Waals surface area contributed by atoms with Gasteiger partial charge in [-0.25, -0.2) is 9.18 Å². The minimum Gasteiger partial charge on any atom is -0.478 e. The first-order valence-corrected chi connectivity index (χ1v) is 10.5. The highest BCUT2D eigenvalue weighted by Crippen LogP contribution is 2.20. The van der Waals surface area contributed by atoms with Gasteiger partial charge in [-0.05, 0) is 48.4 Å². The van der Waals surface area contributed by atoms with Crippen molar-refractivity contribution in [1.82, 2.24) is 15.3 Å². The summed E-state index contributed by atoms with van der Waals surface area (Å²) in [5, 5.41) is 15.2. The zero-order chi connectivity index (χ0) is 24.5. The number of rotatable bonds is 10. The molecule has 174 valence electrons. The molecular formula is C24H22ClFN6O2. The summed E-state index contributed by atoms with van der Waals surface area (Å²) in [5.41, 5.74) is 8.72. The van der Waals surface area contributed by atoms with Crippen LogP contribution in [-0.4, -0.2) is 33.4 Å². The minimum atomic E-state index is -1.12. The number of benzene rings is 1. The van der Waals surface area contributed by atoms with Crippen molar-refractivity contribution in [3.63, 3.8) is 0 Å². The van der Waals surface area contributed by atoms with Gasteiger partial charge in [0.15, 0.2) is 0 Å². The molecule has 0 aliphatic rings. The van der Waals surface area contributed by atoms with Gasteiger partial charge in [0.2, 0.25) is 0 Å². The van der Waals surface area contributed by atoms with Gasteiger partial charge in [-0.15, -0.1) is 0 Å². The standard InChI is InChI=1S/C24H22ClFN6O2/c1-15(32-19-2-3-22(26)21(25)11-19)31-14-20(17-10-18(24(33)34)13-29-12-17)23(27)30-9-6-16-4-7-28-8-5-16/h2-5,7-8,10-14,31-32H,1,6,9H2,(H2,27,30)(H,33,34). The quantitative estimate of drug-likeness (QED) is 0.254. The molecule has 5 N–H and O–H groups in total. The first-order chi connectivity index (χ1) is 16.3. The smallest absolute Gasteiger partial charge is 0.337 e. The van der Waals surface area contributed by atoms with E-state index in [1.807, 2.05) is 12.1 Å². The van der Waals surface area contributed by atoms with E-state index in [0.717, 1.165) is 5.56 Å². The van der Waals surface area contributed by atoms with Crippen LogP contribution in [0.5, 0.6) is 0 Å². The van der Waals surface area contributed by atoms with Gasteiger partial charge in [0.1, 0.15) is 11.7 Å². The van der Waals surface area contributed by atoms with E-state index < -0.39 is 11.8 Å². The normalized spacial score (nSPS) is 11.7. The number of carboxylic acid groups (broad SMARTS) is 1. The Kier molecular flexibility index (Phi) is 8.31. The third kappa shape index (κ3) is 6.88. The highest BCUT2D eigenvalue weighted by molar-refractivity contribution is 6.31. The van der Waals surface area contributed by atoms with E-state index >= 15 is 0 Å². The van der Waals surface area contributed by atoms with E-state index in [-0.39, 0.29) is 16.4 Å². The first-order valence-electron chi connectivity index (χ1n) is 10.1. The van der Waals surface area contributed by atoms with E-state index in [0.29, 0.717) is 35.6 Å². The first kappa shape index (κ1) is 24.4. The number of aliphatic imine (C=N–C) groups is 1. The summed E-state index contributed by atoms with van der Waals surface area (Å²) in [6.07, 6.45) is 8.32. The van der Waals surface area contributed by atoms with Gasteiger partial charge >= 0.3 is 5.97 Å². The van der Waals surface area contributed by atoms with Gasteiger partial charge in [0.25, 0.3) is 0 Å². The SMILES string of the molecule is C=C(NC=C(C(N)=NCCc1ccncc1)c1cncc(C(=O)O)c1)Nc1ccc(F)c(Cl)c1. The summed E-state index contributed by atoms with van der Waals surface area (Å²) < 4.78 is 13.4. The molecule has 2 aromatic heterocycles. The Morgan fingerprint density at radius 2 is 1.91 bits per heavy atom. The molecule has 10 heteroatoms. The largest absolute Gasteiger partial charge is 0.478 e. The van der Waals surface area contributed by atoms with Gasteiger partial charge in [0.05, 0.1) is 16.4 Å². The van der Waals surface area contributed by atoms with Gasteiger partial charge in [-0.3, -0.25) is 15.0 Å². The molecule has 0 atom stereocenters. The van der Waals surface area contributed by atoms with Crippen molar-refractivity contribution in [2.45, 2.75) is 6.42 Å². The molecule has 0 saturated carbocycles. The Morgan fingerprint density at radius 3 is 2.62 bits per heavy atom. The van der Waals surface area contributed by atoms with E-state index in [1.54, 1.807) is 12.4 Å². The molecule has 0 unspecified atom stereocenters. The fourth-order valence-corrected chi connectivity index (χ4v) is 3.07. The molecule has 0 spiro atoms. The molecule has 8 nitrogen and oxygen atoms in total. The van der Waals surface area contributed by atoms with Gasteiger partial charge in [0, 0.05) is 54.4 Å². The molecule has 0 amide bonds. The summed E-state index contributed by atoms with van der Waals surface area (Å²) in [4.78, 5) is 23.8. The Labute approximate surface area is 200 Å². The van der Waals surface area contributed by atoms with Crippen molar-refractivity contribution in [1.29, 1.82) is 0 Å². The molecule has 3 rings (SSSR count). The van der Waals surface area contributed by atoms with Crippen molar-refractivity contribution < 1.29 is 14.3 Å². The van der Waals surface area contributed by atoms with Crippen LogP contribution in [0.2, 0.25) is 5.02 Å². The number of aromatic nitrogens is 2. The molecule has 1 aromatic carbocycles. The number of nitrogens with one attached hydrogen (secondary N) is 2. The second-order valence-corrected chi connectivity index (χ2v) is 7.48. The summed E-state index contributed by atoms with van der Waals surface area (Å²) in [6, 6.07) is 9.39. The van der Waals surface area contributed by atoms with Crippen molar-refractivity contribution in [3.05, 3.63) is 107 Å². The van der Waals surface area contributed by atoms with Crippen molar-refractivity contribution in [2.24, 2.45) is 10.7 Å². The van der Waals surface area contributed by atoms with Crippen LogP contribution in [-0.2, 0) is 6.42 Å². The molecule has 0 aliphatic carbocycles. The third-order valence-corrected chi connectivity index (χ3v) is 4.90. The van der Waals surface area contributed by atoms with Crippen LogP contribution in [0, 0.1) is 5.82 Å². The Hall–Kier alpha value is -4.24. The van der Waals surface area contributed by atoms with Gasteiger partial charge in [-0.2, -0.15) is 0 Å². The Bertz CT molecular complexity index is 1250. The molecule has 0 radical (unpaired) electrons. The maximum absolute atomic E-state index is 13.4. The molecule has 0 saturated heterocycles. The zero-order valence-electron chi connectivity index (χ0n) is 18.0. The average molecular weight is 481 g/mol. The molecule has 2 heterocycles. The van der Waals surface area contributed by atoms with Gasteiger partial charge in [-0.1, -0.05) is 18.2 Å². The van der Waals surface area contributed by atoms with Crippen LogP contribution in [0.3, 0.4) is 0 Å². The van der Waals surface area contributed by atoms with E-state index in [9.17, 15) is 14.3 Å². The van der Waals surface area contributed by atoms with Crippen LogP contribution < -0.4 is 16.4 Å². The monoisotopic (exact) mass is 480 g/mol. The second-order valence-electron chi connectivity index (χ2n) is 7.07. The molecule has 34 heavy (non-hydrogen) atoms. The topological polar surface area (TPSA) is 126 Å². The molecule has 0 aliphatic heterocycles. The number of pyridine rings is 2. The maximum atomic E-state index is 13.4. The molecule has 3 aromatic rings. The minimum absolute atomic E-state index is 0.00545. The lowest BCUT2D eigenvalue weighted by atomic mass is 10.1. The predicted molar refractivity (Wildman–Crippen MR) is 131 cm³/mol. The highest BCUT2D eigenvalue weighted by atomic mass is 35.5. The maximum Gasteiger partial charge on any atom is 0.337 e. The van der Waals surface area contributed by atoms with Crippen LogP contribution in [0.15, 0.2) is 84.8 Å². The number of hydrogen-bond donors (Lipinski definition) is 4. The van der Waals surface area contributed by atoms with Crippen molar-refractivity contribution in [2.75, 3.05) is 11.9 Å². The summed E-state index contributed by atoms with van der Waals surface area (Å²) in [7, 11) is 0. The van der Waals surface area contributed by atoms with Crippen molar-refractivity contribution in [3.8, 4) is 0 Å². The Morgan fingerprint density at radius 1 is 1.18 bits per heavy atom. The molecule has 0 fully saturated rings. The summed E-state index contributed by atoms with van der Waals surface area (Å²) >= 11 is 5.81. The van der Waals surface area contributed by atoms with E-state index in [1.165, 1.54) is 42.9 Å². The van der Waals surface area contributed by atoms with Crippen LogP contribution in [0.4, 0.5) is 10.1 Å². The number of amidine groups is 1. The van der Waals surface area contributed by atoms with Crippen LogP contribution in [0.1, 0.15) is 21.5 Å². The lowest BCUT2D eigenvalue weighted by Crippen LogP contribution is -2.20. The number of carboxylic acids is 1. The lowest BCUT2D eigenvalue weighted by Gasteiger charge is -2.13. The summed E-state index contributed by atoms with van der Waals surface area (Å²) in [5.74, 6) is -1.13. The highest BCUT2D eigenvalue weighted by Gasteiger charge is 2.12. The van der Waals surface area contributed by atoms with Crippen molar-refractivity contribution >= 4 is 34.7 Å². The lowest BCUT2D eigenvalue weighted by molar-refractivity contribution is 0.0696. The van der Waals surface area contributed by atoms with Gasteiger partial charge < -0.3 is 21.5 Å². The third-order valence-electron chi connectivity index (χ3n) is 4.61. The number of carbonyl (C=O) groups is 1. The number of nitrogens with zero attached hydrogens (tertiary/aromatic N) is 3. The van der Waals surface area contributed by atoms with E-state index in [4.69, 9.17) is 17.3 Å². The molecule has 0 bridgehead atoms. The fourth-order valence-electron chi connectivity index (χ4n) is 2.89. The molecular weight excluding hydrogens is 459 g/mol. The summed E-state index contributed by atoms with van der Waals surface area (Å²) in [6.45, 7) is 4.28. The second kappa shape index (κ2) is 11.6. The predicted octanol–water partition coefficient (Wildman–Crippen LogP) is 4.08. The Balaban J connectivity index is 1.81. The van der Waals surface area contributed by atoms with Crippen LogP contribution >= 0.6 is 11.6 Å². The number of nitrogens with two attached hydrogens (primary N) is 1. The average Bonchev–Trinajstić information content (AvgIpc) is 2.82. The zero-order valence-corrected chi connectivity index (χ0v) is 18.8. The van der Waals surface area contributed by atoms with Crippen LogP contribution in [0.25, 0.3) is 5.57 Å².